The third-order valence-corrected chi connectivity index (χ3v) is 3.04. The summed E-state index contributed by atoms with van der Waals surface area (Å²) in [6.07, 6.45) is 0. The topological polar surface area (TPSA) is 54.9 Å². The average molecular weight is 289 g/mol. The average Bonchev–Trinajstić information content (AvgIpc) is 2.31. The second-order valence-corrected chi connectivity index (χ2v) is 4.42. The van der Waals surface area contributed by atoms with Gasteiger partial charge in [-0.2, -0.15) is 0 Å². The molecule has 1 N–H and O–H groups in total. The van der Waals surface area contributed by atoms with Crippen LogP contribution in [0.15, 0.2) is 27.8 Å². The van der Waals surface area contributed by atoms with Gasteiger partial charge in [0.1, 0.15) is 11.0 Å². The van der Waals surface area contributed by atoms with Crippen molar-refractivity contribution in [3.63, 3.8) is 0 Å². The summed E-state index contributed by atoms with van der Waals surface area (Å²) in [7, 11) is 0. The molecular weight excluding hydrogens is 282 g/mol. The summed E-state index contributed by atoms with van der Waals surface area (Å²) >= 11 is 11.4. The highest BCUT2D eigenvalue weighted by atomic mass is 35.5. The number of H-pyrrole nitrogens is 1. The molecule has 0 fully saturated rings. The third kappa shape index (κ3) is 2.07. The lowest BCUT2D eigenvalue weighted by molar-refractivity contribution is 0.612. The molecule has 1 heterocycles. The molecule has 0 atom stereocenters. The first-order valence-corrected chi connectivity index (χ1v) is 5.64. The van der Waals surface area contributed by atoms with Crippen molar-refractivity contribution < 1.29 is 4.39 Å². The van der Waals surface area contributed by atoms with Crippen molar-refractivity contribution in [2.45, 2.75) is 6.92 Å². The number of nitrogens with one attached hydrogen (secondary N) is 1. The molecule has 0 bridgehead atoms. The molecule has 0 aliphatic carbocycles. The molecule has 2 aromatic rings. The number of aromatic nitrogens is 2. The molecule has 0 saturated heterocycles. The van der Waals surface area contributed by atoms with Crippen molar-refractivity contribution in [2.75, 3.05) is 0 Å². The van der Waals surface area contributed by atoms with E-state index in [1.165, 1.54) is 19.1 Å². The van der Waals surface area contributed by atoms with E-state index in [0.717, 1.165) is 6.07 Å². The Bertz CT molecular complexity index is 737. The van der Waals surface area contributed by atoms with E-state index in [-0.39, 0.29) is 21.4 Å². The van der Waals surface area contributed by atoms with Crippen LogP contribution in [-0.2, 0) is 0 Å². The zero-order valence-electron chi connectivity index (χ0n) is 9.13. The number of halogens is 3. The number of aromatic amines is 1. The fraction of sp³-hybridized carbons (Fsp3) is 0.0909. The molecule has 0 aliphatic heterocycles. The van der Waals surface area contributed by atoms with E-state index < -0.39 is 17.1 Å². The summed E-state index contributed by atoms with van der Waals surface area (Å²) in [5.74, 6) is -0.728. The van der Waals surface area contributed by atoms with Gasteiger partial charge in [0.05, 0.1) is 11.3 Å². The summed E-state index contributed by atoms with van der Waals surface area (Å²) in [5.41, 5.74) is -1.61. The van der Waals surface area contributed by atoms with Gasteiger partial charge in [-0.05, 0) is 25.1 Å². The van der Waals surface area contributed by atoms with Gasteiger partial charge in [-0.25, -0.2) is 13.8 Å². The molecule has 0 amide bonds. The molecule has 94 valence electrons. The largest absolute Gasteiger partial charge is 0.334 e. The number of benzene rings is 1. The van der Waals surface area contributed by atoms with Crippen LogP contribution in [0.4, 0.5) is 4.39 Å². The molecule has 0 saturated carbocycles. The van der Waals surface area contributed by atoms with E-state index in [1.54, 1.807) is 0 Å². The Balaban J connectivity index is 2.88. The third-order valence-electron chi connectivity index (χ3n) is 2.42. The van der Waals surface area contributed by atoms with E-state index in [0.29, 0.717) is 4.57 Å². The standard InChI is InChI=1S/C11H7Cl2FN2O2/c1-5-9(13)15-11(18)16(10(5)17)8-4-6(12)2-3-7(8)14/h2-4H,1H3,(H,15,18). The smallest absolute Gasteiger partial charge is 0.297 e. The predicted octanol–water partition coefficient (Wildman–Crippen LogP) is 2.28. The van der Waals surface area contributed by atoms with Gasteiger partial charge in [-0.3, -0.25) is 9.78 Å². The highest BCUT2D eigenvalue weighted by molar-refractivity contribution is 6.30. The monoisotopic (exact) mass is 288 g/mol. The van der Waals surface area contributed by atoms with E-state index in [4.69, 9.17) is 23.2 Å². The lowest BCUT2D eigenvalue weighted by Gasteiger charge is -2.08. The van der Waals surface area contributed by atoms with E-state index in [9.17, 15) is 14.0 Å². The summed E-state index contributed by atoms with van der Waals surface area (Å²) in [4.78, 5) is 25.9. The van der Waals surface area contributed by atoms with Crippen LogP contribution in [0.2, 0.25) is 10.2 Å². The van der Waals surface area contributed by atoms with Crippen LogP contribution >= 0.6 is 23.2 Å². The molecule has 4 nitrogen and oxygen atoms in total. The quantitative estimate of drug-likeness (QED) is 0.819. The number of hydrogen-bond acceptors (Lipinski definition) is 2. The Labute approximate surface area is 111 Å². The van der Waals surface area contributed by atoms with Crippen molar-refractivity contribution in [2.24, 2.45) is 0 Å². The van der Waals surface area contributed by atoms with E-state index in [1.807, 2.05) is 0 Å². The SMILES string of the molecule is Cc1c(Cl)[nH]c(=O)n(-c2cc(Cl)ccc2F)c1=O. The summed E-state index contributed by atoms with van der Waals surface area (Å²) in [6, 6.07) is 3.59. The van der Waals surface area contributed by atoms with Gasteiger partial charge in [-0.15, -0.1) is 0 Å². The van der Waals surface area contributed by atoms with Crippen LogP contribution in [-0.4, -0.2) is 9.55 Å². The number of hydrogen-bond donors (Lipinski definition) is 1. The summed E-state index contributed by atoms with van der Waals surface area (Å²) in [6.45, 7) is 1.43. The van der Waals surface area contributed by atoms with Crippen LogP contribution in [0.25, 0.3) is 5.69 Å². The zero-order chi connectivity index (χ0) is 13.4. The van der Waals surface area contributed by atoms with Crippen molar-refractivity contribution in [1.29, 1.82) is 0 Å². The van der Waals surface area contributed by atoms with Crippen LogP contribution in [0, 0.1) is 12.7 Å². The van der Waals surface area contributed by atoms with Gasteiger partial charge >= 0.3 is 5.69 Å². The Morgan fingerprint density at radius 3 is 2.61 bits per heavy atom. The van der Waals surface area contributed by atoms with Crippen molar-refractivity contribution in [1.82, 2.24) is 9.55 Å². The van der Waals surface area contributed by atoms with Gasteiger partial charge in [0, 0.05) is 5.02 Å². The van der Waals surface area contributed by atoms with Crippen LogP contribution in [0.3, 0.4) is 0 Å². The number of nitrogens with zero attached hydrogens (tertiary/aromatic N) is 1. The number of rotatable bonds is 1. The Hall–Kier alpha value is -1.59. The van der Waals surface area contributed by atoms with Crippen LogP contribution < -0.4 is 11.2 Å². The zero-order valence-corrected chi connectivity index (χ0v) is 10.6. The minimum Gasteiger partial charge on any atom is -0.297 e. The molecule has 0 spiro atoms. The summed E-state index contributed by atoms with van der Waals surface area (Å²) in [5, 5.41) is 0.147. The van der Waals surface area contributed by atoms with E-state index in [2.05, 4.69) is 4.98 Å². The fourth-order valence-electron chi connectivity index (χ4n) is 1.47. The Kier molecular flexibility index (Phi) is 3.28. The van der Waals surface area contributed by atoms with Gasteiger partial charge in [0.2, 0.25) is 0 Å². The van der Waals surface area contributed by atoms with Crippen molar-refractivity contribution in [3.8, 4) is 5.69 Å². The first-order valence-electron chi connectivity index (χ1n) is 4.88. The van der Waals surface area contributed by atoms with Crippen LogP contribution in [0.1, 0.15) is 5.56 Å². The molecular formula is C11H7Cl2FN2O2. The second-order valence-electron chi connectivity index (χ2n) is 3.61. The summed E-state index contributed by atoms with van der Waals surface area (Å²) < 4.78 is 14.3. The lowest BCUT2D eigenvalue weighted by Crippen LogP contribution is -2.35. The van der Waals surface area contributed by atoms with E-state index >= 15 is 0 Å². The highest BCUT2D eigenvalue weighted by Crippen LogP contribution is 2.17. The predicted molar refractivity (Wildman–Crippen MR) is 67.4 cm³/mol. The normalized spacial score (nSPS) is 10.7. The van der Waals surface area contributed by atoms with Gasteiger partial charge in [0.15, 0.2) is 0 Å². The Morgan fingerprint density at radius 2 is 1.94 bits per heavy atom. The van der Waals surface area contributed by atoms with Gasteiger partial charge < -0.3 is 0 Å². The van der Waals surface area contributed by atoms with Crippen LogP contribution in [0.5, 0.6) is 0 Å². The molecule has 18 heavy (non-hydrogen) atoms. The molecule has 7 heteroatoms. The van der Waals surface area contributed by atoms with Crippen molar-refractivity contribution in [3.05, 3.63) is 60.6 Å². The molecule has 1 aromatic heterocycles. The first-order chi connectivity index (χ1) is 8.41. The molecule has 1 aromatic carbocycles. The molecule has 0 unspecified atom stereocenters. The minimum atomic E-state index is -0.822. The molecule has 0 aliphatic rings. The first kappa shape index (κ1) is 12.9. The maximum Gasteiger partial charge on any atom is 0.334 e. The fourth-order valence-corrected chi connectivity index (χ4v) is 1.80. The maximum absolute atomic E-state index is 13.6. The lowest BCUT2D eigenvalue weighted by atomic mass is 10.3. The van der Waals surface area contributed by atoms with Crippen molar-refractivity contribution >= 4 is 23.2 Å². The Morgan fingerprint density at radius 1 is 1.28 bits per heavy atom. The minimum absolute atomic E-state index is 0.0660. The molecule has 2 rings (SSSR count). The van der Waals surface area contributed by atoms with Gasteiger partial charge in [0.25, 0.3) is 5.56 Å². The second kappa shape index (κ2) is 4.59. The van der Waals surface area contributed by atoms with Gasteiger partial charge in [-0.1, -0.05) is 23.2 Å². The highest BCUT2D eigenvalue weighted by Gasteiger charge is 2.14. The maximum atomic E-state index is 13.6. The molecule has 0 radical (unpaired) electrons.